The SMILES string of the molecule is Cc1ccc(-c2noc3c(Nc4ccc(Cl)cc4)ncnc23)cc1. The number of aromatic nitrogens is 3. The Kier molecular flexibility index (Phi) is 3.63. The molecule has 0 bridgehead atoms. The monoisotopic (exact) mass is 336 g/mol. The molecule has 0 atom stereocenters. The lowest BCUT2D eigenvalue weighted by Gasteiger charge is -2.05. The Balaban J connectivity index is 1.76. The highest BCUT2D eigenvalue weighted by atomic mass is 35.5. The number of halogens is 1. The fourth-order valence-corrected chi connectivity index (χ4v) is 2.55. The Labute approximate surface area is 143 Å². The van der Waals surface area contributed by atoms with Crippen molar-refractivity contribution in [1.29, 1.82) is 0 Å². The zero-order valence-electron chi connectivity index (χ0n) is 12.8. The summed E-state index contributed by atoms with van der Waals surface area (Å²) >= 11 is 5.91. The van der Waals surface area contributed by atoms with Gasteiger partial charge in [-0.2, -0.15) is 0 Å². The van der Waals surface area contributed by atoms with Crippen LogP contribution in [0.5, 0.6) is 0 Å². The molecule has 0 saturated carbocycles. The number of nitrogens with one attached hydrogen (secondary N) is 1. The zero-order chi connectivity index (χ0) is 16.5. The smallest absolute Gasteiger partial charge is 0.228 e. The van der Waals surface area contributed by atoms with Crippen molar-refractivity contribution in [1.82, 2.24) is 15.1 Å². The van der Waals surface area contributed by atoms with Gasteiger partial charge in [-0.15, -0.1) is 0 Å². The van der Waals surface area contributed by atoms with Crippen molar-refractivity contribution in [2.24, 2.45) is 0 Å². The molecule has 6 heteroatoms. The van der Waals surface area contributed by atoms with E-state index in [1.807, 2.05) is 43.3 Å². The van der Waals surface area contributed by atoms with Crippen LogP contribution in [0.1, 0.15) is 5.56 Å². The van der Waals surface area contributed by atoms with Gasteiger partial charge in [0.2, 0.25) is 5.58 Å². The van der Waals surface area contributed by atoms with Crippen LogP contribution in [-0.4, -0.2) is 15.1 Å². The van der Waals surface area contributed by atoms with Crippen LogP contribution < -0.4 is 5.32 Å². The Morgan fingerprint density at radius 2 is 1.71 bits per heavy atom. The number of aryl methyl sites for hydroxylation is 1. The second-order valence-electron chi connectivity index (χ2n) is 5.43. The number of hydrogen-bond acceptors (Lipinski definition) is 5. The Bertz CT molecular complexity index is 994. The molecule has 2 aromatic carbocycles. The number of hydrogen-bond donors (Lipinski definition) is 1. The summed E-state index contributed by atoms with van der Waals surface area (Å²) in [5, 5.41) is 8.05. The van der Waals surface area contributed by atoms with E-state index >= 15 is 0 Å². The first kappa shape index (κ1) is 14.7. The maximum atomic E-state index is 5.91. The molecule has 0 fully saturated rings. The lowest BCUT2D eigenvalue weighted by molar-refractivity contribution is 0.459. The molecule has 0 aliphatic rings. The van der Waals surface area contributed by atoms with Gasteiger partial charge in [0.1, 0.15) is 17.5 Å². The average Bonchev–Trinajstić information content (AvgIpc) is 3.03. The minimum absolute atomic E-state index is 0.517. The van der Waals surface area contributed by atoms with Gasteiger partial charge in [-0.05, 0) is 31.2 Å². The highest BCUT2D eigenvalue weighted by Gasteiger charge is 2.16. The third kappa shape index (κ3) is 2.70. The van der Waals surface area contributed by atoms with Crippen LogP contribution in [0.2, 0.25) is 5.02 Å². The Morgan fingerprint density at radius 1 is 0.958 bits per heavy atom. The number of anilines is 2. The van der Waals surface area contributed by atoms with E-state index in [2.05, 4.69) is 20.4 Å². The van der Waals surface area contributed by atoms with Gasteiger partial charge >= 0.3 is 0 Å². The topological polar surface area (TPSA) is 63.8 Å². The summed E-state index contributed by atoms with van der Waals surface area (Å²) in [5.74, 6) is 0.563. The molecule has 5 nitrogen and oxygen atoms in total. The molecule has 0 radical (unpaired) electrons. The summed E-state index contributed by atoms with van der Waals surface area (Å²) in [7, 11) is 0. The van der Waals surface area contributed by atoms with Gasteiger partial charge in [0.15, 0.2) is 5.82 Å². The van der Waals surface area contributed by atoms with E-state index in [1.165, 1.54) is 11.9 Å². The van der Waals surface area contributed by atoms with Crippen LogP contribution in [0.4, 0.5) is 11.5 Å². The average molecular weight is 337 g/mol. The van der Waals surface area contributed by atoms with Gasteiger partial charge in [-0.1, -0.05) is 46.6 Å². The second-order valence-corrected chi connectivity index (χ2v) is 5.87. The van der Waals surface area contributed by atoms with E-state index in [1.54, 1.807) is 12.1 Å². The van der Waals surface area contributed by atoms with Crippen molar-refractivity contribution in [2.75, 3.05) is 5.32 Å². The van der Waals surface area contributed by atoms with Gasteiger partial charge in [-0.25, -0.2) is 9.97 Å². The third-order valence-corrected chi connectivity index (χ3v) is 3.94. The maximum Gasteiger partial charge on any atom is 0.228 e. The molecule has 24 heavy (non-hydrogen) atoms. The first-order valence-electron chi connectivity index (χ1n) is 7.41. The molecular weight excluding hydrogens is 324 g/mol. The van der Waals surface area contributed by atoms with Crippen molar-refractivity contribution < 1.29 is 4.52 Å². The molecular formula is C18H13ClN4O. The van der Waals surface area contributed by atoms with E-state index < -0.39 is 0 Å². The molecule has 0 aliphatic heterocycles. The molecule has 0 aliphatic carbocycles. The van der Waals surface area contributed by atoms with Crippen LogP contribution in [0.3, 0.4) is 0 Å². The zero-order valence-corrected chi connectivity index (χ0v) is 13.6. The minimum Gasteiger partial charge on any atom is -0.350 e. The van der Waals surface area contributed by atoms with E-state index in [9.17, 15) is 0 Å². The van der Waals surface area contributed by atoms with Gasteiger partial charge in [0.25, 0.3) is 0 Å². The van der Waals surface area contributed by atoms with Crippen LogP contribution in [0.25, 0.3) is 22.4 Å². The second kappa shape index (κ2) is 5.94. The van der Waals surface area contributed by atoms with Gasteiger partial charge in [0, 0.05) is 16.3 Å². The summed E-state index contributed by atoms with van der Waals surface area (Å²) in [6, 6.07) is 15.4. The molecule has 1 N–H and O–H groups in total. The minimum atomic E-state index is 0.517. The predicted octanol–water partition coefficient (Wildman–Crippen LogP) is 4.99. The first-order chi connectivity index (χ1) is 11.7. The quantitative estimate of drug-likeness (QED) is 0.571. The number of nitrogens with zero attached hydrogens (tertiary/aromatic N) is 3. The van der Waals surface area contributed by atoms with Crippen LogP contribution >= 0.6 is 11.6 Å². The molecule has 0 unspecified atom stereocenters. The van der Waals surface area contributed by atoms with Crippen LogP contribution in [0.15, 0.2) is 59.4 Å². The molecule has 0 spiro atoms. The predicted molar refractivity (Wildman–Crippen MR) is 94.5 cm³/mol. The van der Waals surface area contributed by atoms with Gasteiger partial charge < -0.3 is 9.84 Å². The van der Waals surface area contributed by atoms with Crippen molar-refractivity contribution in [3.05, 3.63) is 65.4 Å². The largest absolute Gasteiger partial charge is 0.350 e. The highest BCUT2D eigenvalue weighted by Crippen LogP contribution is 2.30. The Hall–Kier alpha value is -2.92. The first-order valence-corrected chi connectivity index (χ1v) is 7.78. The summed E-state index contributed by atoms with van der Waals surface area (Å²) in [6.45, 7) is 2.04. The van der Waals surface area contributed by atoms with Crippen LogP contribution in [0, 0.1) is 6.92 Å². The summed E-state index contributed by atoms with van der Waals surface area (Å²) in [6.07, 6.45) is 1.50. The number of benzene rings is 2. The van der Waals surface area contributed by atoms with Gasteiger partial charge in [-0.3, -0.25) is 0 Å². The number of fused-ring (bicyclic) bond motifs is 1. The summed E-state index contributed by atoms with van der Waals surface area (Å²) in [4.78, 5) is 8.58. The molecule has 4 rings (SSSR count). The lowest BCUT2D eigenvalue weighted by atomic mass is 10.1. The molecule has 2 aromatic heterocycles. The van der Waals surface area contributed by atoms with Gasteiger partial charge in [0.05, 0.1) is 0 Å². The molecule has 0 saturated heterocycles. The van der Waals surface area contributed by atoms with Crippen molar-refractivity contribution in [3.8, 4) is 11.3 Å². The maximum absolute atomic E-state index is 5.91. The molecule has 4 aromatic rings. The van der Waals surface area contributed by atoms with E-state index in [4.69, 9.17) is 16.1 Å². The number of rotatable bonds is 3. The third-order valence-electron chi connectivity index (χ3n) is 3.69. The molecule has 118 valence electrons. The summed E-state index contributed by atoms with van der Waals surface area (Å²) < 4.78 is 5.50. The fraction of sp³-hybridized carbons (Fsp3) is 0.0556. The standard InChI is InChI=1S/C18H13ClN4O/c1-11-2-4-12(5-3-11)15-16-17(24-23-15)18(21-10-20-16)22-14-8-6-13(19)7-9-14/h2-10H,1H3,(H,20,21,22). The van der Waals surface area contributed by atoms with Crippen molar-refractivity contribution in [2.45, 2.75) is 6.92 Å². The van der Waals surface area contributed by atoms with E-state index in [0.717, 1.165) is 11.3 Å². The lowest BCUT2D eigenvalue weighted by Crippen LogP contribution is -1.94. The fourth-order valence-electron chi connectivity index (χ4n) is 2.42. The molecule has 0 amide bonds. The van der Waals surface area contributed by atoms with E-state index in [-0.39, 0.29) is 0 Å². The highest BCUT2D eigenvalue weighted by molar-refractivity contribution is 6.30. The normalized spacial score (nSPS) is 10.9. The van der Waals surface area contributed by atoms with E-state index in [0.29, 0.717) is 27.6 Å². The Morgan fingerprint density at radius 3 is 2.46 bits per heavy atom. The summed E-state index contributed by atoms with van der Waals surface area (Å²) in [5.41, 5.74) is 4.88. The molecule has 2 heterocycles. The van der Waals surface area contributed by atoms with Crippen molar-refractivity contribution >= 4 is 34.2 Å². The van der Waals surface area contributed by atoms with Crippen LogP contribution in [-0.2, 0) is 0 Å². The van der Waals surface area contributed by atoms with Crippen molar-refractivity contribution in [3.63, 3.8) is 0 Å².